The maximum Gasteiger partial charge on any atom is 0.270 e. The van der Waals surface area contributed by atoms with E-state index in [9.17, 15) is 18.5 Å². The van der Waals surface area contributed by atoms with E-state index in [2.05, 4.69) is 26.0 Å². The number of nitrogens with one attached hydrogen (secondary N) is 2. The van der Waals surface area contributed by atoms with Gasteiger partial charge in [-0.25, -0.2) is 13.1 Å². The number of sulfonamides is 1. The third-order valence-corrected chi connectivity index (χ3v) is 4.34. The van der Waals surface area contributed by atoms with Gasteiger partial charge in [-0.3, -0.25) is 10.1 Å². The van der Waals surface area contributed by atoms with Crippen molar-refractivity contribution in [3.8, 4) is 0 Å². The van der Waals surface area contributed by atoms with Crippen LogP contribution in [0.4, 0.5) is 11.4 Å². The van der Waals surface area contributed by atoms with E-state index in [4.69, 9.17) is 0 Å². The number of hydrogen-bond acceptors (Lipinski definition) is 5. The van der Waals surface area contributed by atoms with Crippen LogP contribution in [0.2, 0.25) is 0 Å². The summed E-state index contributed by atoms with van der Waals surface area (Å²) in [7, 11) is -3.27. The number of nitrogens with zero attached hydrogens (tertiary/aromatic N) is 1. The molecule has 0 atom stereocenters. The number of non-ortho nitro benzene ring substituents is 1. The largest absolute Gasteiger partial charge is 0.383 e. The molecule has 1 aromatic rings. The molecule has 0 radical (unpaired) electrons. The van der Waals surface area contributed by atoms with Gasteiger partial charge in [-0.1, -0.05) is 6.92 Å². The Balaban J connectivity index is 2.62. The first-order valence-corrected chi connectivity index (χ1v) is 7.95. The topological polar surface area (TPSA) is 101 Å². The average Bonchev–Trinajstić information content (AvgIpc) is 2.30. The summed E-state index contributed by atoms with van der Waals surface area (Å²) in [6.45, 7) is 2.27. The van der Waals surface area contributed by atoms with Gasteiger partial charge >= 0.3 is 0 Å². The Morgan fingerprint density at radius 3 is 2.63 bits per heavy atom. The first kappa shape index (κ1) is 15.9. The Kier molecular flexibility index (Phi) is 5.70. The summed E-state index contributed by atoms with van der Waals surface area (Å²) >= 11 is 3.19. The smallest absolute Gasteiger partial charge is 0.270 e. The lowest BCUT2D eigenvalue weighted by Gasteiger charge is -2.09. The normalized spacial score (nSPS) is 11.3. The Hall–Kier alpha value is -1.19. The van der Waals surface area contributed by atoms with Crippen molar-refractivity contribution in [3.63, 3.8) is 0 Å². The zero-order valence-electron chi connectivity index (χ0n) is 10.2. The van der Waals surface area contributed by atoms with Gasteiger partial charge in [-0.05, 0) is 22.0 Å². The number of nitro groups is 1. The fraction of sp³-hybridized carbons (Fsp3) is 0.400. The van der Waals surface area contributed by atoms with Crippen molar-refractivity contribution in [2.45, 2.75) is 6.92 Å². The zero-order valence-corrected chi connectivity index (χ0v) is 12.6. The fourth-order valence-corrected chi connectivity index (χ4v) is 2.83. The van der Waals surface area contributed by atoms with Gasteiger partial charge in [0.2, 0.25) is 10.0 Å². The number of benzene rings is 1. The summed E-state index contributed by atoms with van der Waals surface area (Å²) in [5.74, 6) is -0.0652. The molecule has 19 heavy (non-hydrogen) atoms. The van der Waals surface area contributed by atoms with Crippen molar-refractivity contribution in [3.05, 3.63) is 32.8 Å². The minimum atomic E-state index is -3.27. The summed E-state index contributed by atoms with van der Waals surface area (Å²) < 4.78 is 25.7. The molecule has 0 bridgehead atoms. The van der Waals surface area contributed by atoms with Crippen molar-refractivity contribution in [1.29, 1.82) is 0 Å². The number of halogens is 1. The van der Waals surface area contributed by atoms with Crippen molar-refractivity contribution in [2.75, 3.05) is 24.2 Å². The van der Waals surface area contributed by atoms with Gasteiger partial charge in [-0.15, -0.1) is 0 Å². The molecule has 0 aliphatic heterocycles. The first-order valence-electron chi connectivity index (χ1n) is 5.51. The highest BCUT2D eigenvalue weighted by Gasteiger charge is 2.11. The van der Waals surface area contributed by atoms with Crippen LogP contribution in [0.15, 0.2) is 22.7 Å². The molecule has 1 rings (SSSR count). The van der Waals surface area contributed by atoms with E-state index in [1.54, 1.807) is 6.92 Å². The SMILES string of the molecule is CCNS(=O)(=O)CCNc1ccc([N+](=O)[O-])cc1Br. The molecule has 0 aliphatic carbocycles. The average molecular weight is 352 g/mol. The third kappa shape index (κ3) is 5.13. The second-order valence-corrected chi connectivity index (χ2v) is 6.45. The molecule has 0 amide bonds. The van der Waals surface area contributed by atoms with Crippen molar-refractivity contribution < 1.29 is 13.3 Å². The van der Waals surface area contributed by atoms with Gasteiger partial charge in [0.15, 0.2) is 0 Å². The predicted molar refractivity (Wildman–Crippen MR) is 76.7 cm³/mol. The Bertz CT molecular complexity index is 562. The molecule has 2 N–H and O–H groups in total. The Morgan fingerprint density at radius 1 is 1.42 bits per heavy atom. The van der Waals surface area contributed by atoms with E-state index in [0.717, 1.165) is 0 Å². The second-order valence-electron chi connectivity index (χ2n) is 3.66. The van der Waals surface area contributed by atoms with E-state index in [1.165, 1.54) is 18.2 Å². The lowest BCUT2D eigenvalue weighted by molar-refractivity contribution is -0.384. The quantitative estimate of drug-likeness (QED) is 0.575. The van der Waals surface area contributed by atoms with Crippen molar-refractivity contribution in [1.82, 2.24) is 4.72 Å². The van der Waals surface area contributed by atoms with Gasteiger partial charge in [0.25, 0.3) is 5.69 Å². The van der Waals surface area contributed by atoms with Crippen molar-refractivity contribution >= 4 is 37.3 Å². The summed E-state index contributed by atoms with van der Waals surface area (Å²) in [5.41, 5.74) is 0.579. The van der Waals surface area contributed by atoms with Gasteiger partial charge in [0, 0.05) is 35.4 Å². The van der Waals surface area contributed by atoms with Crippen molar-refractivity contribution in [2.24, 2.45) is 0 Å². The lowest BCUT2D eigenvalue weighted by Crippen LogP contribution is -2.29. The fourth-order valence-electron chi connectivity index (χ4n) is 1.37. The molecule has 0 fully saturated rings. The summed E-state index contributed by atoms with van der Waals surface area (Å²) in [6.07, 6.45) is 0. The molecule has 106 valence electrons. The van der Waals surface area contributed by atoms with Gasteiger partial charge in [0.05, 0.1) is 10.7 Å². The maximum atomic E-state index is 11.4. The molecule has 0 saturated heterocycles. The summed E-state index contributed by atoms with van der Waals surface area (Å²) in [4.78, 5) is 10.1. The van der Waals surface area contributed by atoms with Gasteiger partial charge in [-0.2, -0.15) is 0 Å². The monoisotopic (exact) mass is 351 g/mol. The third-order valence-electron chi connectivity index (χ3n) is 2.21. The van der Waals surface area contributed by atoms with E-state index < -0.39 is 14.9 Å². The van der Waals surface area contributed by atoms with Crippen LogP contribution in [-0.4, -0.2) is 32.2 Å². The highest BCUT2D eigenvalue weighted by molar-refractivity contribution is 9.10. The number of hydrogen-bond donors (Lipinski definition) is 2. The van der Waals surface area contributed by atoms with Crippen LogP contribution in [0.1, 0.15) is 6.92 Å². The molecule has 0 unspecified atom stereocenters. The van der Waals surface area contributed by atoms with E-state index >= 15 is 0 Å². The molecule has 0 aliphatic rings. The van der Waals surface area contributed by atoms with Crippen LogP contribution < -0.4 is 10.0 Å². The van der Waals surface area contributed by atoms with E-state index in [1.807, 2.05) is 0 Å². The highest BCUT2D eigenvalue weighted by atomic mass is 79.9. The van der Waals surface area contributed by atoms with Gasteiger partial charge < -0.3 is 5.32 Å². The van der Waals surface area contributed by atoms with Crippen LogP contribution in [0.3, 0.4) is 0 Å². The highest BCUT2D eigenvalue weighted by Crippen LogP contribution is 2.26. The van der Waals surface area contributed by atoms with Crippen LogP contribution in [0, 0.1) is 10.1 Å². The molecular formula is C10H14BrN3O4S. The van der Waals surface area contributed by atoms with E-state index in [-0.39, 0.29) is 18.0 Å². The molecule has 0 spiro atoms. The summed E-state index contributed by atoms with van der Waals surface area (Å²) in [6, 6.07) is 4.25. The second kappa shape index (κ2) is 6.83. The van der Waals surface area contributed by atoms with Crippen LogP contribution in [0.25, 0.3) is 0 Å². The van der Waals surface area contributed by atoms with Crippen LogP contribution in [0.5, 0.6) is 0 Å². The Morgan fingerprint density at radius 2 is 2.11 bits per heavy atom. The molecule has 7 nitrogen and oxygen atoms in total. The lowest BCUT2D eigenvalue weighted by atomic mass is 10.3. The summed E-state index contributed by atoms with van der Waals surface area (Å²) in [5, 5.41) is 13.5. The van der Waals surface area contributed by atoms with E-state index in [0.29, 0.717) is 16.7 Å². The standard InChI is InChI=1S/C10H14BrN3O4S/c1-2-13-19(17,18)6-5-12-10-4-3-8(14(15)16)7-9(10)11/h3-4,7,12-13H,2,5-6H2,1H3. The first-order chi connectivity index (χ1) is 8.85. The minimum Gasteiger partial charge on any atom is -0.383 e. The Labute approximate surface area is 119 Å². The molecule has 1 aromatic carbocycles. The molecular weight excluding hydrogens is 338 g/mol. The molecule has 0 heterocycles. The maximum absolute atomic E-state index is 11.4. The number of nitro benzene ring substituents is 1. The van der Waals surface area contributed by atoms with Crippen LogP contribution >= 0.6 is 15.9 Å². The van der Waals surface area contributed by atoms with Crippen LogP contribution in [-0.2, 0) is 10.0 Å². The number of anilines is 1. The molecule has 0 aromatic heterocycles. The predicted octanol–water partition coefficient (Wildman–Crippen LogP) is 1.71. The molecule has 9 heteroatoms. The minimum absolute atomic E-state index is 0.0299. The number of rotatable bonds is 7. The molecule has 0 saturated carbocycles. The van der Waals surface area contributed by atoms with Gasteiger partial charge in [0.1, 0.15) is 0 Å². The zero-order chi connectivity index (χ0) is 14.5.